The SMILES string of the molecule is N#Cc1ccc(CN(C2CC2)C2CCN(C(=O)c3ccc(F)cc3)[C@@H](C(=O)NCC3CCC(CN)CC3)C2)cc1. The number of amides is 2. The Hall–Kier alpha value is -3.28. The second-order valence-electron chi connectivity index (χ2n) is 11.8. The van der Waals surface area contributed by atoms with Gasteiger partial charge in [-0.2, -0.15) is 5.26 Å². The Kier molecular flexibility index (Phi) is 9.13. The molecule has 1 heterocycles. The molecule has 212 valence electrons. The first kappa shape index (κ1) is 28.3. The number of nitrogens with zero attached hydrogens (tertiary/aromatic N) is 3. The number of halogens is 1. The van der Waals surface area contributed by atoms with E-state index in [1.54, 1.807) is 4.90 Å². The Labute approximate surface area is 236 Å². The fourth-order valence-electron chi connectivity index (χ4n) is 6.39. The van der Waals surface area contributed by atoms with E-state index in [9.17, 15) is 14.0 Å². The van der Waals surface area contributed by atoms with Gasteiger partial charge in [-0.3, -0.25) is 14.5 Å². The van der Waals surface area contributed by atoms with E-state index < -0.39 is 11.9 Å². The van der Waals surface area contributed by atoms with E-state index in [2.05, 4.69) is 16.3 Å². The quantitative estimate of drug-likeness (QED) is 0.491. The number of likely N-dealkylation sites (tertiary alicyclic amines) is 1. The van der Waals surface area contributed by atoms with E-state index in [-0.39, 0.29) is 17.9 Å². The van der Waals surface area contributed by atoms with Gasteiger partial charge in [-0.25, -0.2) is 4.39 Å². The smallest absolute Gasteiger partial charge is 0.254 e. The molecule has 3 N–H and O–H groups in total. The highest BCUT2D eigenvalue weighted by atomic mass is 19.1. The van der Waals surface area contributed by atoms with Gasteiger partial charge in [-0.15, -0.1) is 0 Å². The lowest BCUT2D eigenvalue weighted by atomic mass is 9.82. The van der Waals surface area contributed by atoms with Crippen molar-refractivity contribution in [1.82, 2.24) is 15.1 Å². The molecule has 2 aromatic rings. The van der Waals surface area contributed by atoms with Crippen LogP contribution in [0.5, 0.6) is 0 Å². The highest BCUT2D eigenvalue weighted by Crippen LogP contribution is 2.35. The van der Waals surface area contributed by atoms with Crippen molar-refractivity contribution in [1.29, 1.82) is 5.26 Å². The largest absolute Gasteiger partial charge is 0.354 e. The first-order valence-corrected chi connectivity index (χ1v) is 14.7. The Morgan fingerprint density at radius 1 is 0.950 bits per heavy atom. The van der Waals surface area contributed by atoms with Crippen molar-refractivity contribution < 1.29 is 14.0 Å². The Bertz CT molecular complexity index is 1200. The lowest BCUT2D eigenvalue weighted by Gasteiger charge is -2.43. The number of carbonyl (C=O) groups excluding carboxylic acids is 2. The zero-order chi connectivity index (χ0) is 28.1. The molecule has 0 aromatic heterocycles. The molecule has 40 heavy (non-hydrogen) atoms. The van der Waals surface area contributed by atoms with Crippen LogP contribution in [0.2, 0.25) is 0 Å². The summed E-state index contributed by atoms with van der Waals surface area (Å²) in [5.41, 5.74) is 8.03. The Morgan fingerprint density at radius 2 is 1.62 bits per heavy atom. The number of benzene rings is 2. The predicted octanol–water partition coefficient (Wildman–Crippen LogP) is 4.22. The molecule has 3 fully saturated rings. The second kappa shape index (κ2) is 12.9. The van der Waals surface area contributed by atoms with Gasteiger partial charge in [0.05, 0.1) is 11.6 Å². The lowest BCUT2D eigenvalue weighted by molar-refractivity contribution is -0.128. The van der Waals surface area contributed by atoms with Gasteiger partial charge >= 0.3 is 0 Å². The molecule has 2 amide bonds. The standard InChI is InChI=1S/C32H40FN5O2/c33-27-11-9-26(10-12-27)32(40)37-16-15-29(38(28-13-14-28)21-25-7-3-23(19-35)4-8-25)17-30(37)31(39)36-20-24-5-1-22(18-34)2-6-24/h3-4,7-12,22,24,28-30H,1-2,5-6,13-18,20-21,34H2,(H,36,39)/t22?,24?,29?,30-/m1/s1. The number of hydrogen-bond donors (Lipinski definition) is 2. The van der Waals surface area contributed by atoms with E-state index >= 15 is 0 Å². The molecule has 0 bridgehead atoms. The van der Waals surface area contributed by atoms with Gasteiger partial charge in [0.1, 0.15) is 11.9 Å². The van der Waals surface area contributed by atoms with Crippen molar-refractivity contribution in [3.05, 3.63) is 71.0 Å². The molecule has 3 aliphatic rings. The molecule has 5 rings (SSSR count). The molecule has 1 saturated heterocycles. The molecule has 1 aliphatic heterocycles. The molecule has 2 aliphatic carbocycles. The van der Waals surface area contributed by atoms with Gasteiger partial charge in [-0.05, 0) is 112 Å². The van der Waals surface area contributed by atoms with E-state index in [0.29, 0.717) is 48.5 Å². The number of piperidine rings is 1. The molecule has 0 radical (unpaired) electrons. The van der Waals surface area contributed by atoms with Gasteiger partial charge < -0.3 is 16.0 Å². The third-order valence-electron chi connectivity index (χ3n) is 9.03. The molecule has 2 saturated carbocycles. The summed E-state index contributed by atoms with van der Waals surface area (Å²) in [5, 5.41) is 12.3. The van der Waals surface area contributed by atoms with Crippen molar-refractivity contribution in [3.8, 4) is 6.07 Å². The zero-order valence-corrected chi connectivity index (χ0v) is 23.1. The van der Waals surface area contributed by atoms with Gasteiger partial charge in [0.2, 0.25) is 5.91 Å². The molecule has 0 spiro atoms. The molecule has 8 heteroatoms. The van der Waals surface area contributed by atoms with E-state index in [1.807, 2.05) is 24.3 Å². The summed E-state index contributed by atoms with van der Waals surface area (Å²) >= 11 is 0. The minimum absolute atomic E-state index is 0.102. The summed E-state index contributed by atoms with van der Waals surface area (Å²) in [6, 6.07) is 15.5. The Balaban J connectivity index is 1.30. The zero-order valence-electron chi connectivity index (χ0n) is 23.1. The number of nitrogens with one attached hydrogen (secondary N) is 1. The van der Waals surface area contributed by atoms with Gasteiger partial charge in [0.25, 0.3) is 5.91 Å². The third kappa shape index (κ3) is 6.89. The van der Waals surface area contributed by atoms with Crippen molar-refractivity contribution in [2.75, 3.05) is 19.6 Å². The van der Waals surface area contributed by atoms with Crippen LogP contribution < -0.4 is 11.1 Å². The van der Waals surface area contributed by atoms with Crippen LogP contribution in [0, 0.1) is 29.0 Å². The number of nitriles is 1. The van der Waals surface area contributed by atoms with Crippen LogP contribution in [-0.2, 0) is 11.3 Å². The molecule has 1 unspecified atom stereocenters. The Morgan fingerprint density at radius 3 is 2.25 bits per heavy atom. The summed E-state index contributed by atoms with van der Waals surface area (Å²) in [6.45, 7) is 2.57. The maximum atomic E-state index is 13.7. The van der Waals surface area contributed by atoms with Crippen molar-refractivity contribution in [2.45, 2.75) is 76.0 Å². The molecule has 7 nitrogen and oxygen atoms in total. The molecular weight excluding hydrogens is 505 g/mol. The maximum absolute atomic E-state index is 13.7. The van der Waals surface area contributed by atoms with Gasteiger partial charge in [0, 0.05) is 37.3 Å². The topological polar surface area (TPSA) is 102 Å². The van der Waals surface area contributed by atoms with Crippen LogP contribution in [0.4, 0.5) is 4.39 Å². The van der Waals surface area contributed by atoms with Crippen LogP contribution in [0.25, 0.3) is 0 Å². The van der Waals surface area contributed by atoms with Gasteiger partial charge in [0.15, 0.2) is 0 Å². The molecule has 2 aromatic carbocycles. The van der Waals surface area contributed by atoms with Crippen molar-refractivity contribution >= 4 is 11.8 Å². The minimum Gasteiger partial charge on any atom is -0.354 e. The summed E-state index contributed by atoms with van der Waals surface area (Å²) < 4.78 is 13.5. The number of carbonyl (C=O) groups is 2. The first-order valence-electron chi connectivity index (χ1n) is 14.7. The van der Waals surface area contributed by atoms with E-state index in [1.165, 1.54) is 24.3 Å². The molecular formula is C32H40FN5O2. The maximum Gasteiger partial charge on any atom is 0.254 e. The summed E-state index contributed by atoms with van der Waals surface area (Å²) in [4.78, 5) is 31.4. The fraction of sp³-hybridized carbons (Fsp3) is 0.531. The van der Waals surface area contributed by atoms with E-state index in [4.69, 9.17) is 11.0 Å². The van der Waals surface area contributed by atoms with Crippen LogP contribution in [0.1, 0.15) is 72.9 Å². The summed E-state index contributed by atoms with van der Waals surface area (Å²) in [6.07, 6.45) is 7.92. The third-order valence-corrected chi connectivity index (χ3v) is 9.03. The normalized spacial score (nSPS) is 24.9. The van der Waals surface area contributed by atoms with Crippen molar-refractivity contribution in [3.63, 3.8) is 0 Å². The van der Waals surface area contributed by atoms with E-state index in [0.717, 1.165) is 63.6 Å². The summed E-state index contributed by atoms with van der Waals surface area (Å²) in [7, 11) is 0. The fourth-order valence-corrected chi connectivity index (χ4v) is 6.39. The number of hydrogen-bond acceptors (Lipinski definition) is 5. The molecule has 2 atom stereocenters. The van der Waals surface area contributed by atoms with Crippen LogP contribution in [-0.4, -0.2) is 59.4 Å². The average molecular weight is 546 g/mol. The number of rotatable bonds is 9. The number of nitrogens with two attached hydrogens (primary N) is 1. The average Bonchev–Trinajstić information content (AvgIpc) is 3.84. The minimum atomic E-state index is -0.584. The monoisotopic (exact) mass is 545 g/mol. The van der Waals surface area contributed by atoms with Crippen molar-refractivity contribution in [2.24, 2.45) is 17.6 Å². The second-order valence-corrected chi connectivity index (χ2v) is 11.8. The summed E-state index contributed by atoms with van der Waals surface area (Å²) in [5.74, 6) is 0.297. The lowest BCUT2D eigenvalue weighted by Crippen LogP contribution is -2.58. The highest BCUT2D eigenvalue weighted by molar-refractivity contribution is 5.97. The van der Waals surface area contributed by atoms with Crippen LogP contribution in [0.15, 0.2) is 48.5 Å². The van der Waals surface area contributed by atoms with Crippen LogP contribution >= 0.6 is 0 Å². The van der Waals surface area contributed by atoms with Crippen LogP contribution in [0.3, 0.4) is 0 Å². The first-order chi connectivity index (χ1) is 19.4. The predicted molar refractivity (Wildman–Crippen MR) is 151 cm³/mol. The van der Waals surface area contributed by atoms with Gasteiger partial charge in [-0.1, -0.05) is 12.1 Å². The highest BCUT2D eigenvalue weighted by Gasteiger charge is 2.42.